The number of likely N-dealkylation sites (tertiary alicyclic amines) is 1. The summed E-state index contributed by atoms with van der Waals surface area (Å²) >= 11 is 7.88. The SMILES string of the molecule is N#Cc1cc(Cl)cc2c1CCC(N1CC[C@H](COc3ccc(SCCO)cc3)C1)C2. The molecule has 2 aromatic carbocycles. The first-order chi connectivity index (χ1) is 14.7. The molecular formula is C24H27ClN2O2S. The average molecular weight is 443 g/mol. The van der Waals surface area contributed by atoms with Crippen LogP contribution in [0.5, 0.6) is 5.75 Å². The number of thioether (sulfide) groups is 1. The second kappa shape index (κ2) is 10.1. The van der Waals surface area contributed by atoms with Crippen molar-refractivity contribution in [3.63, 3.8) is 0 Å². The second-order valence-corrected chi connectivity index (χ2v) is 9.71. The number of fused-ring (bicyclic) bond motifs is 1. The van der Waals surface area contributed by atoms with Crippen molar-refractivity contribution < 1.29 is 9.84 Å². The van der Waals surface area contributed by atoms with Gasteiger partial charge in [0.25, 0.3) is 0 Å². The molecule has 158 valence electrons. The van der Waals surface area contributed by atoms with Crippen LogP contribution in [0.15, 0.2) is 41.3 Å². The molecule has 0 aromatic heterocycles. The van der Waals surface area contributed by atoms with Crippen LogP contribution in [0, 0.1) is 17.2 Å². The fourth-order valence-electron chi connectivity index (χ4n) is 4.59. The van der Waals surface area contributed by atoms with Crippen molar-refractivity contribution in [1.82, 2.24) is 4.90 Å². The molecule has 1 aliphatic heterocycles. The van der Waals surface area contributed by atoms with Crippen LogP contribution in [0.4, 0.5) is 0 Å². The van der Waals surface area contributed by atoms with Crippen LogP contribution in [-0.2, 0) is 12.8 Å². The molecule has 0 saturated carbocycles. The fourth-order valence-corrected chi connectivity index (χ4v) is 5.49. The highest BCUT2D eigenvalue weighted by Crippen LogP contribution is 2.32. The van der Waals surface area contributed by atoms with E-state index in [1.807, 2.05) is 18.2 Å². The molecule has 4 rings (SSSR count). The van der Waals surface area contributed by atoms with Crippen molar-refractivity contribution in [3.05, 3.63) is 58.1 Å². The number of aliphatic hydroxyl groups is 1. The maximum atomic E-state index is 9.39. The first kappa shape index (κ1) is 21.5. The minimum atomic E-state index is 0.195. The lowest BCUT2D eigenvalue weighted by Gasteiger charge is -2.33. The zero-order valence-electron chi connectivity index (χ0n) is 17.0. The van der Waals surface area contributed by atoms with E-state index in [1.165, 1.54) is 11.1 Å². The number of rotatable bonds is 7. The summed E-state index contributed by atoms with van der Waals surface area (Å²) in [5.41, 5.74) is 3.18. The van der Waals surface area contributed by atoms with Gasteiger partial charge in [-0.25, -0.2) is 0 Å². The second-order valence-electron chi connectivity index (χ2n) is 8.10. The standard InChI is InChI=1S/C24H27ClN2O2S/c25-20-11-18-13-21(1-6-24(18)19(12-20)14-26)27-8-7-17(15-27)16-29-22-2-4-23(5-3-22)30-10-9-28/h2-5,11-12,17,21,28H,1,6-10,13,15-16H2/t17-,21?/m0/s1. The number of benzene rings is 2. The Kier molecular flexibility index (Phi) is 7.22. The van der Waals surface area contributed by atoms with Crippen LogP contribution in [0.3, 0.4) is 0 Å². The van der Waals surface area contributed by atoms with E-state index in [0.717, 1.165) is 61.6 Å². The Labute approximate surface area is 187 Å². The molecule has 0 bridgehead atoms. The third-order valence-corrected chi connectivity index (χ3v) is 7.32. The maximum absolute atomic E-state index is 9.39. The van der Waals surface area contributed by atoms with Gasteiger partial charge in [-0.1, -0.05) is 11.6 Å². The highest BCUT2D eigenvalue weighted by molar-refractivity contribution is 7.99. The van der Waals surface area contributed by atoms with E-state index in [1.54, 1.807) is 17.8 Å². The number of hydrogen-bond acceptors (Lipinski definition) is 5. The third kappa shape index (κ3) is 5.12. The predicted molar refractivity (Wildman–Crippen MR) is 121 cm³/mol. The predicted octanol–water partition coefficient (Wildman–Crippen LogP) is 4.55. The summed E-state index contributed by atoms with van der Waals surface area (Å²) in [7, 11) is 0. The van der Waals surface area contributed by atoms with Crippen LogP contribution in [0.1, 0.15) is 29.5 Å². The molecule has 2 aromatic rings. The van der Waals surface area contributed by atoms with Crippen LogP contribution in [0.25, 0.3) is 0 Å². The van der Waals surface area contributed by atoms with Crippen LogP contribution >= 0.6 is 23.4 Å². The lowest BCUT2D eigenvalue weighted by Crippen LogP contribution is -2.38. The number of hydrogen-bond donors (Lipinski definition) is 1. The van der Waals surface area contributed by atoms with Gasteiger partial charge >= 0.3 is 0 Å². The van der Waals surface area contributed by atoms with Crippen molar-refractivity contribution in [2.45, 2.75) is 36.6 Å². The topological polar surface area (TPSA) is 56.5 Å². The van der Waals surface area contributed by atoms with Gasteiger partial charge in [-0.2, -0.15) is 5.26 Å². The molecule has 30 heavy (non-hydrogen) atoms. The van der Waals surface area contributed by atoms with E-state index >= 15 is 0 Å². The fraction of sp³-hybridized carbons (Fsp3) is 0.458. The Morgan fingerprint density at radius 3 is 2.83 bits per heavy atom. The number of nitrogens with zero attached hydrogens (tertiary/aromatic N) is 2. The Hall–Kier alpha value is -1.71. The number of nitriles is 1. The summed E-state index contributed by atoms with van der Waals surface area (Å²) in [6.07, 6.45) is 4.19. The van der Waals surface area contributed by atoms with E-state index in [-0.39, 0.29) is 6.61 Å². The van der Waals surface area contributed by atoms with Crippen molar-refractivity contribution in [1.29, 1.82) is 5.26 Å². The highest BCUT2D eigenvalue weighted by Gasteiger charge is 2.31. The minimum Gasteiger partial charge on any atom is -0.493 e. The molecule has 1 unspecified atom stereocenters. The molecule has 0 amide bonds. The summed E-state index contributed by atoms with van der Waals surface area (Å²) in [6, 6.07) is 14.8. The quantitative estimate of drug-likeness (QED) is 0.637. The normalized spacial score (nSPS) is 21.2. The lowest BCUT2D eigenvalue weighted by atomic mass is 9.85. The average Bonchev–Trinajstić information content (AvgIpc) is 3.25. The Bertz CT molecular complexity index is 913. The largest absolute Gasteiger partial charge is 0.493 e. The van der Waals surface area contributed by atoms with E-state index in [0.29, 0.717) is 22.7 Å². The summed E-state index contributed by atoms with van der Waals surface area (Å²) in [5, 5.41) is 19.0. The van der Waals surface area contributed by atoms with E-state index in [9.17, 15) is 5.26 Å². The van der Waals surface area contributed by atoms with Gasteiger partial charge in [-0.05, 0) is 79.8 Å². The van der Waals surface area contributed by atoms with Crippen LogP contribution in [0.2, 0.25) is 5.02 Å². The summed E-state index contributed by atoms with van der Waals surface area (Å²) in [4.78, 5) is 3.75. The van der Waals surface area contributed by atoms with Crippen LogP contribution < -0.4 is 4.74 Å². The minimum absolute atomic E-state index is 0.195. The highest BCUT2D eigenvalue weighted by atomic mass is 35.5. The van der Waals surface area contributed by atoms with Gasteiger partial charge in [0.2, 0.25) is 0 Å². The van der Waals surface area contributed by atoms with Gasteiger partial charge in [0.1, 0.15) is 5.75 Å². The van der Waals surface area contributed by atoms with Gasteiger partial charge in [0, 0.05) is 34.2 Å². The number of aliphatic hydroxyl groups excluding tert-OH is 1. The van der Waals surface area contributed by atoms with Crippen molar-refractivity contribution >= 4 is 23.4 Å². The van der Waals surface area contributed by atoms with Crippen molar-refractivity contribution in [2.24, 2.45) is 5.92 Å². The van der Waals surface area contributed by atoms with Gasteiger partial charge in [-0.3, -0.25) is 4.90 Å². The zero-order chi connectivity index (χ0) is 20.9. The molecule has 1 saturated heterocycles. The monoisotopic (exact) mass is 442 g/mol. The maximum Gasteiger partial charge on any atom is 0.119 e. The molecular weight excluding hydrogens is 416 g/mol. The molecule has 2 aliphatic rings. The third-order valence-electron chi connectivity index (χ3n) is 6.11. The Morgan fingerprint density at radius 2 is 2.07 bits per heavy atom. The summed E-state index contributed by atoms with van der Waals surface area (Å²) in [5.74, 6) is 2.17. The van der Waals surface area contributed by atoms with Crippen LogP contribution in [-0.4, -0.2) is 48.1 Å². The first-order valence-corrected chi connectivity index (χ1v) is 11.9. The molecule has 4 nitrogen and oxygen atoms in total. The van der Waals surface area contributed by atoms with Crippen molar-refractivity contribution in [2.75, 3.05) is 32.1 Å². The Morgan fingerprint density at radius 1 is 1.23 bits per heavy atom. The molecule has 1 fully saturated rings. The van der Waals surface area contributed by atoms with E-state index < -0.39 is 0 Å². The Balaban J connectivity index is 1.29. The van der Waals surface area contributed by atoms with Crippen molar-refractivity contribution in [3.8, 4) is 11.8 Å². The van der Waals surface area contributed by atoms with Gasteiger partial charge in [0.05, 0.1) is 24.8 Å². The molecule has 6 heteroatoms. The zero-order valence-corrected chi connectivity index (χ0v) is 18.6. The lowest BCUT2D eigenvalue weighted by molar-refractivity contribution is 0.195. The molecule has 1 heterocycles. The first-order valence-electron chi connectivity index (χ1n) is 10.6. The molecule has 2 atom stereocenters. The number of halogens is 1. The molecule has 0 spiro atoms. The molecule has 1 N–H and O–H groups in total. The number of ether oxygens (including phenoxy) is 1. The van der Waals surface area contributed by atoms with Gasteiger partial charge < -0.3 is 9.84 Å². The smallest absolute Gasteiger partial charge is 0.119 e. The molecule has 1 aliphatic carbocycles. The van der Waals surface area contributed by atoms with Gasteiger partial charge in [0.15, 0.2) is 0 Å². The van der Waals surface area contributed by atoms with E-state index in [4.69, 9.17) is 21.4 Å². The summed E-state index contributed by atoms with van der Waals surface area (Å²) < 4.78 is 6.05. The van der Waals surface area contributed by atoms with E-state index in [2.05, 4.69) is 23.1 Å². The molecule has 0 radical (unpaired) electrons. The van der Waals surface area contributed by atoms with Gasteiger partial charge in [-0.15, -0.1) is 11.8 Å². The summed E-state index contributed by atoms with van der Waals surface area (Å²) in [6.45, 7) is 3.11.